The second-order valence-electron chi connectivity index (χ2n) is 1.27. The van der Waals surface area contributed by atoms with E-state index in [2.05, 4.69) is 5.32 Å². The summed E-state index contributed by atoms with van der Waals surface area (Å²) in [6, 6.07) is 0. The van der Waals surface area contributed by atoms with Crippen molar-refractivity contribution < 1.29 is 4.79 Å². The third-order valence-electron chi connectivity index (χ3n) is 0.518. The number of nitrogens with one attached hydrogen (secondary N) is 1. The molecule has 0 aliphatic heterocycles. The molecule has 0 heterocycles. The van der Waals surface area contributed by atoms with Gasteiger partial charge in [0.05, 0.1) is 0 Å². The molecule has 1 amide bonds. The molecule has 0 saturated heterocycles. The predicted octanol–water partition coefficient (Wildman–Crippen LogP) is -0.757. The van der Waals surface area contributed by atoms with Gasteiger partial charge in [-0.2, -0.15) is 0 Å². The summed E-state index contributed by atoms with van der Waals surface area (Å²) in [4.78, 5) is 10.0. The molecule has 0 rings (SSSR count). The van der Waals surface area contributed by atoms with E-state index in [1.807, 2.05) is 0 Å². The molecule has 0 aromatic carbocycles. The van der Waals surface area contributed by atoms with Gasteiger partial charge >= 0.3 is 0 Å². The Kier molecular flexibility index (Phi) is 8.30. The first-order valence-corrected chi connectivity index (χ1v) is 2.22. The van der Waals surface area contributed by atoms with Crippen LogP contribution in [0.15, 0.2) is 0 Å². The SMILES string of the molecule is CC(=O)NCCN.N. The highest BCUT2D eigenvalue weighted by molar-refractivity contribution is 5.72. The second-order valence-corrected chi connectivity index (χ2v) is 1.27. The molecule has 50 valence electrons. The van der Waals surface area contributed by atoms with Gasteiger partial charge in [0.2, 0.25) is 5.91 Å². The fourth-order valence-electron chi connectivity index (χ4n) is 0.248. The number of nitrogens with two attached hydrogens (primary N) is 1. The van der Waals surface area contributed by atoms with Crippen molar-refractivity contribution in [1.29, 1.82) is 0 Å². The van der Waals surface area contributed by atoms with E-state index in [1.165, 1.54) is 6.92 Å². The molecule has 0 bridgehead atoms. The summed E-state index contributed by atoms with van der Waals surface area (Å²) in [6.07, 6.45) is 0. The van der Waals surface area contributed by atoms with Crippen LogP contribution in [0.1, 0.15) is 6.92 Å². The maximum absolute atomic E-state index is 10.0. The molecule has 0 fully saturated rings. The number of hydrogen-bond acceptors (Lipinski definition) is 3. The van der Waals surface area contributed by atoms with Gasteiger partial charge in [0.15, 0.2) is 0 Å². The van der Waals surface area contributed by atoms with E-state index in [4.69, 9.17) is 5.73 Å². The van der Waals surface area contributed by atoms with E-state index >= 15 is 0 Å². The summed E-state index contributed by atoms with van der Waals surface area (Å²) in [5, 5.41) is 2.53. The fourth-order valence-corrected chi connectivity index (χ4v) is 0.248. The average molecular weight is 119 g/mol. The fraction of sp³-hybridized carbons (Fsp3) is 0.750. The molecule has 0 radical (unpaired) electrons. The van der Waals surface area contributed by atoms with Crippen LogP contribution >= 0.6 is 0 Å². The zero-order valence-electron chi connectivity index (χ0n) is 5.11. The van der Waals surface area contributed by atoms with E-state index in [0.717, 1.165) is 0 Å². The molecule has 0 unspecified atom stereocenters. The molecule has 0 aromatic heterocycles. The van der Waals surface area contributed by atoms with E-state index in [9.17, 15) is 4.79 Å². The molecule has 0 spiro atoms. The highest BCUT2D eigenvalue weighted by Gasteiger charge is 1.83. The maximum Gasteiger partial charge on any atom is 0.216 e. The van der Waals surface area contributed by atoms with E-state index in [0.29, 0.717) is 13.1 Å². The molecule has 0 aliphatic rings. The Bertz CT molecular complexity index is 64.3. The number of hydrogen-bond donors (Lipinski definition) is 3. The Balaban J connectivity index is 0. The van der Waals surface area contributed by atoms with Crippen LogP contribution < -0.4 is 17.2 Å². The second kappa shape index (κ2) is 6.39. The molecule has 8 heavy (non-hydrogen) atoms. The van der Waals surface area contributed by atoms with Crippen molar-refractivity contribution in [3.63, 3.8) is 0 Å². The number of rotatable bonds is 2. The van der Waals surface area contributed by atoms with E-state index in [1.54, 1.807) is 0 Å². The number of carbonyl (C=O) groups excluding carboxylic acids is 1. The van der Waals surface area contributed by atoms with Gasteiger partial charge in [0, 0.05) is 20.0 Å². The molecule has 0 atom stereocenters. The summed E-state index contributed by atoms with van der Waals surface area (Å²) in [5.74, 6) is -0.0227. The predicted molar refractivity (Wildman–Crippen MR) is 32.8 cm³/mol. The molecular formula is C4H13N3O. The van der Waals surface area contributed by atoms with Crippen molar-refractivity contribution in [3.05, 3.63) is 0 Å². The van der Waals surface area contributed by atoms with Crippen molar-refractivity contribution in [2.45, 2.75) is 6.92 Å². The number of amides is 1. The summed E-state index contributed by atoms with van der Waals surface area (Å²) >= 11 is 0. The van der Waals surface area contributed by atoms with Crippen LogP contribution in [0, 0.1) is 0 Å². The molecular weight excluding hydrogens is 106 g/mol. The van der Waals surface area contributed by atoms with E-state index in [-0.39, 0.29) is 12.1 Å². The quantitative estimate of drug-likeness (QED) is 0.446. The zero-order chi connectivity index (χ0) is 5.70. The summed E-state index contributed by atoms with van der Waals surface area (Å²) in [6.45, 7) is 2.56. The van der Waals surface area contributed by atoms with Crippen molar-refractivity contribution in [1.82, 2.24) is 11.5 Å². The lowest BCUT2D eigenvalue weighted by molar-refractivity contribution is -0.118. The topological polar surface area (TPSA) is 90.1 Å². The van der Waals surface area contributed by atoms with Crippen LogP contribution in [0.2, 0.25) is 0 Å². The van der Waals surface area contributed by atoms with E-state index < -0.39 is 0 Å². The summed E-state index contributed by atoms with van der Waals surface area (Å²) in [7, 11) is 0. The van der Waals surface area contributed by atoms with Gasteiger partial charge in [-0.3, -0.25) is 4.79 Å². The molecule has 4 nitrogen and oxygen atoms in total. The Labute approximate surface area is 49.0 Å². The smallest absolute Gasteiger partial charge is 0.216 e. The van der Waals surface area contributed by atoms with Crippen LogP contribution in [-0.4, -0.2) is 19.0 Å². The largest absolute Gasteiger partial charge is 0.355 e. The van der Waals surface area contributed by atoms with Gasteiger partial charge in [0.1, 0.15) is 0 Å². The third kappa shape index (κ3) is 9.04. The minimum Gasteiger partial charge on any atom is -0.355 e. The molecule has 0 saturated carbocycles. The monoisotopic (exact) mass is 119 g/mol. The zero-order valence-corrected chi connectivity index (χ0v) is 5.11. The van der Waals surface area contributed by atoms with Crippen molar-refractivity contribution in [2.24, 2.45) is 5.73 Å². The minimum absolute atomic E-state index is 0. The Morgan fingerprint density at radius 2 is 2.25 bits per heavy atom. The maximum atomic E-state index is 10.0. The minimum atomic E-state index is -0.0227. The van der Waals surface area contributed by atoms with Gasteiger partial charge in [-0.05, 0) is 0 Å². The van der Waals surface area contributed by atoms with Crippen LogP contribution in [0.3, 0.4) is 0 Å². The molecule has 6 N–H and O–H groups in total. The molecule has 0 aromatic rings. The van der Waals surface area contributed by atoms with Gasteiger partial charge in [0.25, 0.3) is 0 Å². The normalized spacial score (nSPS) is 7.25. The van der Waals surface area contributed by atoms with Crippen molar-refractivity contribution in [3.8, 4) is 0 Å². The Morgan fingerprint density at radius 1 is 1.75 bits per heavy atom. The first-order chi connectivity index (χ1) is 3.27. The third-order valence-corrected chi connectivity index (χ3v) is 0.518. The lowest BCUT2D eigenvalue weighted by Crippen LogP contribution is -2.26. The van der Waals surface area contributed by atoms with Crippen LogP contribution in [0.5, 0.6) is 0 Å². The Hall–Kier alpha value is -0.610. The molecule has 4 heteroatoms. The first kappa shape index (κ1) is 10.4. The number of carbonyl (C=O) groups is 1. The Morgan fingerprint density at radius 3 is 2.38 bits per heavy atom. The highest BCUT2D eigenvalue weighted by Crippen LogP contribution is 1.54. The van der Waals surface area contributed by atoms with Gasteiger partial charge in [-0.25, -0.2) is 0 Å². The highest BCUT2D eigenvalue weighted by atomic mass is 16.1. The van der Waals surface area contributed by atoms with Gasteiger partial charge in [-0.15, -0.1) is 0 Å². The average Bonchev–Trinajstić information content (AvgIpc) is 1.61. The standard InChI is InChI=1S/C4H10N2O.H3N/c1-4(7)6-3-2-5;/h2-3,5H2,1H3,(H,6,7);1H3. The van der Waals surface area contributed by atoms with Crippen LogP contribution in [0.4, 0.5) is 0 Å². The van der Waals surface area contributed by atoms with Gasteiger partial charge in [-0.1, -0.05) is 0 Å². The lowest BCUT2D eigenvalue weighted by Gasteiger charge is -1.93. The van der Waals surface area contributed by atoms with Crippen molar-refractivity contribution >= 4 is 5.91 Å². The van der Waals surface area contributed by atoms with Crippen LogP contribution in [0.25, 0.3) is 0 Å². The summed E-state index contributed by atoms with van der Waals surface area (Å²) < 4.78 is 0. The van der Waals surface area contributed by atoms with Crippen molar-refractivity contribution in [2.75, 3.05) is 13.1 Å². The van der Waals surface area contributed by atoms with Gasteiger partial charge < -0.3 is 17.2 Å². The first-order valence-electron chi connectivity index (χ1n) is 2.22. The molecule has 0 aliphatic carbocycles. The van der Waals surface area contributed by atoms with Crippen LogP contribution in [-0.2, 0) is 4.79 Å². The summed E-state index contributed by atoms with van der Waals surface area (Å²) in [5.41, 5.74) is 5.06. The lowest BCUT2D eigenvalue weighted by atomic mass is 10.6.